The average Bonchev–Trinajstić information content (AvgIpc) is 2.64. The lowest BCUT2D eigenvalue weighted by molar-refractivity contribution is 0.0730. The number of halogens is 2. The topological polar surface area (TPSA) is 75.7 Å². The van der Waals surface area contributed by atoms with Crippen molar-refractivity contribution in [2.75, 3.05) is 31.6 Å². The van der Waals surface area contributed by atoms with Gasteiger partial charge in [-0.3, -0.25) is 4.79 Å². The highest BCUT2D eigenvalue weighted by atomic mass is 127. The Labute approximate surface area is 164 Å². The lowest BCUT2D eigenvalue weighted by Gasteiger charge is -2.26. The zero-order chi connectivity index (χ0) is 18.7. The molecule has 0 spiro atoms. The van der Waals surface area contributed by atoms with Crippen molar-refractivity contribution in [2.24, 2.45) is 0 Å². The number of benzene rings is 2. The molecule has 1 saturated heterocycles. The number of nitrogens with one attached hydrogen (secondary N) is 1. The molecule has 1 aliphatic rings. The number of hydrogen-bond donors (Lipinski definition) is 1. The van der Waals surface area contributed by atoms with E-state index in [2.05, 4.69) is 5.32 Å². The molecule has 0 radical (unpaired) electrons. The van der Waals surface area contributed by atoms with Gasteiger partial charge in [-0.1, -0.05) is 12.1 Å². The van der Waals surface area contributed by atoms with Gasteiger partial charge < -0.3 is 10.1 Å². The van der Waals surface area contributed by atoms with Crippen molar-refractivity contribution >= 4 is 44.2 Å². The maximum absolute atomic E-state index is 14.2. The van der Waals surface area contributed by atoms with Crippen LogP contribution in [-0.4, -0.2) is 44.9 Å². The normalized spacial score (nSPS) is 15.6. The summed E-state index contributed by atoms with van der Waals surface area (Å²) in [4.78, 5) is 12.3. The summed E-state index contributed by atoms with van der Waals surface area (Å²) >= 11 is 2.05. The molecular formula is C17H16FIN2O4S. The number of morpholine rings is 1. The molecule has 0 aromatic heterocycles. The number of amides is 1. The van der Waals surface area contributed by atoms with Crippen LogP contribution in [0.1, 0.15) is 10.4 Å². The van der Waals surface area contributed by atoms with Gasteiger partial charge in [0.2, 0.25) is 10.0 Å². The zero-order valence-corrected chi connectivity index (χ0v) is 16.6. The molecule has 9 heteroatoms. The van der Waals surface area contributed by atoms with Gasteiger partial charge in [0.25, 0.3) is 5.91 Å². The quantitative estimate of drug-likeness (QED) is 0.670. The maximum Gasteiger partial charge on any atom is 0.258 e. The third-order valence-corrected chi connectivity index (χ3v) is 6.75. The fourth-order valence-corrected chi connectivity index (χ4v) is 4.48. The van der Waals surface area contributed by atoms with Crippen molar-refractivity contribution in [1.29, 1.82) is 0 Å². The number of anilines is 1. The van der Waals surface area contributed by atoms with Gasteiger partial charge in [-0.15, -0.1) is 0 Å². The van der Waals surface area contributed by atoms with E-state index in [0.717, 1.165) is 15.7 Å². The summed E-state index contributed by atoms with van der Waals surface area (Å²) in [5.41, 5.74) is 0.206. The van der Waals surface area contributed by atoms with Gasteiger partial charge in [0, 0.05) is 16.7 Å². The van der Waals surface area contributed by atoms with Crippen LogP contribution in [0.15, 0.2) is 47.4 Å². The summed E-state index contributed by atoms with van der Waals surface area (Å²) in [6.07, 6.45) is 0. The first-order chi connectivity index (χ1) is 12.4. The molecule has 1 fully saturated rings. The monoisotopic (exact) mass is 490 g/mol. The highest BCUT2D eigenvalue weighted by Crippen LogP contribution is 2.22. The number of carbonyl (C=O) groups excluding carboxylic acids is 1. The van der Waals surface area contributed by atoms with Crippen molar-refractivity contribution < 1.29 is 22.3 Å². The minimum absolute atomic E-state index is 0.117. The van der Waals surface area contributed by atoms with Crippen LogP contribution in [0.3, 0.4) is 0 Å². The molecule has 1 heterocycles. The molecule has 0 unspecified atom stereocenters. The third-order valence-electron chi connectivity index (χ3n) is 3.91. The molecule has 3 rings (SSSR count). The Morgan fingerprint density at radius 3 is 2.54 bits per heavy atom. The molecular weight excluding hydrogens is 474 g/mol. The Morgan fingerprint density at radius 2 is 1.85 bits per heavy atom. The fraction of sp³-hybridized carbons (Fsp3) is 0.235. The van der Waals surface area contributed by atoms with Gasteiger partial charge in [-0.2, -0.15) is 4.31 Å². The van der Waals surface area contributed by atoms with E-state index in [0.29, 0.717) is 18.9 Å². The first-order valence-electron chi connectivity index (χ1n) is 7.83. The highest BCUT2D eigenvalue weighted by Gasteiger charge is 2.28. The Hall–Kier alpha value is -1.56. The van der Waals surface area contributed by atoms with Crippen LogP contribution in [0.4, 0.5) is 10.1 Å². The molecule has 1 amide bonds. The number of nitrogens with zero attached hydrogens (tertiary/aromatic N) is 1. The van der Waals surface area contributed by atoms with Gasteiger partial charge in [0.1, 0.15) is 5.82 Å². The van der Waals surface area contributed by atoms with Crippen LogP contribution >= 0.6 is 22.6 Å². The predicted molar refractivity (Wildman–Crippen MR) is 103 cm³/mol. The lowest BCUT2D eigenvalue weighted by Crippen LogP contribution is -2.40. The minimum atomic E-state index is -3.81. The van der Waals surface area contributed by atoms with Crippen LogP contribution in [0, 0.1) is 9.39 Å². The second-order valence-electron chi connectivity index (χ2n) is 5.59. The number of hydrogen-bond acceptors (Lipinski definition) is 4. The van der Waals surface area contributed by atoms with Crippen molar-refractivity contribution in [3.05, 3.63) is 57.4 Å². The summed E-state index contributed by atoms with van der Waals surface area (Å²) in [5, 5.41) is 2.61. The largest absolute Gasteiger partial charge is 0.379 e. The van der Waals surface area contributed by atoms with Crippen LogP contribution in [0.25, 0.3) is 0 Å². The first kappa shape index (κ1) is 19.2. The molecule has 1 N–H and O–H groups in total. The molecule has 138 valence electrons. The molecule has 0 aliphatic carbocycles. The van der Waals surface area contributed by atoms with Crippen molar-refractivity contribution in [1.82, 2.24) is 4.31 Å². The summed E-state index contributed by atoms with van der Waals surface area (Å²) in [7, 11) is -3.81. The third kappa shape index (κ3) is 4.05. The molecule has 1 aliphatic heterocycles. The second-order valence-corrected chi connectivity index (χ2v) is 8.69. The first-order valence-corrected chi connectivity index (χ1v) is 10.3. The highest BCUT2D eigenvalue weighted by molar-refractivity contribution is 14.1. The number of ether oxygens (including phenoxy) is 1. The van der Waals surface area contributed by atoms with Gasteiger partial charge >= 0.3 is 0 Å². The number of para-hydroxylation sites is 1. The van der Waals surface area contributed by atoms with Crippen molar-refractivity contribution in [3.8, 4) is 0 Å². The zero-order valence-electron chi connectivity index (χ0n) is 13.6. The molecule has 2 aromatic rings. The van der Waals surface area contributed by atoms with Gasteiger partial charge in [0.15, 0.2) is 0 Å². The molecule has 2 aromatic carbocycles. The Balaban J connectivity index is 1.90. The van der Waals surface area contributed by atoms with E-state index in [9.17, 15) is 17.6 Å². The molecule has 0 saturated carbocycles. The van der Waals surface area contributed by atoms with Gasteiger partial charge in [-0.25, -0.2) is 12.8 Å². The number of sulfonamides is 1. The van der Waals surface area contributed by atoms with E-state index < -0.39 is 21.7 Å². The van der Waals surface area contributed by atoms with E-state index in [1.165, 1.54) is 10.4 Å². The lowest BCUT2D eigenvalue weighted by atomic mass is 10.2. The van der Waals surface area contributed by atoms with Gasteiger partial charge in [0.05, 0.1) is 29.4 Å². The van der Waals surface area contributed by atoms with Crippen LogP contribution in [0.2, 0.25) is 0 Å². The van der Waals surface area contributed by atoms with Crippen LogP contribution in [0.5, 0.6) is 0 Å². The van der Waals surface area contributed by atoms with Crippen molar-refractivity contribution in [2.45, 2.75) is 4.90 Å². The SMILES string of the molecule is O=C(Nc1ccccc1I)c1cc(S(=O)(=O)N2CCOCC2)ccc1F. The van der Waals surface area contributed by atoms with E-state index in [1.807, 2.05) is 28.7 Å². The summed E-state index contributed by atoms with van der Waals surface area (Å²) in [6.45, 7) is 1.06. The number of carbonyl (C=O) groups is 1. The standard InChI is InChI=1S/C17H16FIN2O4S/c18-14-6-5-12(26(23,24)21-7-9-25-10-8-21)11-13(14)17(22)20-16-4-2-1-3-15(16)19/h1-6,11H,7-10H2,(H,20,22). The van der Waals surface area contributed by atoms with E-state index >= 15 is 0 Å². The second kappa shape index (κ2) is 7.99. The fourth-order valence-electron chi connectivity index (χ4n) is 2.53. The predicted octanol–water partition coefficient (Wildman–Crippen LogP) is 2.70. The Kier molecular flexibility index (Phi) is 5.90. The van der Waals surface area contributed by atoms with Gasteiger partial charge in [-0.05, 0) is 52.9 Å². The summed E-state index contributed by atoms with van der Waals surface area (Å²) < 4.78 is 46.8. The Bertz CT molecular complexity index is 930. The van der Waals surface area contributed by atoms with E-state index in [1.54, 1.807) is 18.2 Å². The molecule has 6 nitrogen and oxygen atoms in total. The average molecular weight is 490 g/mol. The Morgan fingerprint density at radius 1 is 1.15 bits per heavy atom. The van der Waals surface area contributed by atoms with E-state index in [4.69, 9.17) is 4.74 Å². The van der Waals surface area contributed by atoms with E-state index in [-0.39, 0.29) is 23.5 Å². The maximum atomic E-state index is 14.2. The summed E-state index contributed by atoms with van der Waals surface area (Å²) in [5.74, 6) is -1.49. The van der Waals surface area contributed by atoms with Crippen molar-refractivity contribution in [3.63, 3.8) is 0 Å². The molecule has 0 bridgehead atoms. The summed E-state index contributed by atoms with van der Waals surface area (Å²) in [6, 6.07) is 10.3. The van der Waals surface area contributed by atoms with Crippen LogP contribution in [-0.2, 0) is 14.8 Å². The molecule has 26 heavy (non-hydrogen) atoms. The molecule has 0 atom stereocenters. The number of rotatable bonds is 4. The van der Waals surface area contributed by atoms with Crippen LogP contribution < -0.4 is 5.32 Å². The minimum Gasteiger partial charge on any atom is -0.379 e. The smallest absolute Gasteiger partial charge is 0.258 e.